The third-order valence-electron chi connectivity index (χ3n) is 4.28. The molecule has 4 nitrogen and oxygen atoms in total. The second-order valence-electron chi connectivity index (χ2n) is 5.76. The molecular weight excluding hydrogens is 250 g/mol. The van der Waals surface area contributed by atoms with Crippen molar-refractivity contribution in [2.24, 2.45) is 5.92 Å². The van der Waals surface area contributed by atoms with E-state index in [0.717, 1.165) is 43.9 Å². The van der Waals surface area contributed by atoms with Crippen LogP contribution in [0.5, 0.6) is 0 Å². The second kappa shape index (κ2) is 5.65. The van der Waals surface area contributed by atoms with Crippen LogP contribution in [0.15, 0.2) is 30.7 Å². The van der Waals surface area contributed by atoms with Gasteiger partial charge >= 0.3 is 0 Å². The first-order valence-electron chi connectivity index (χ1n) is 7.40. The standard InChI is InChI=1S/C16H21N3O/c1-13-3-8-19(9-4-13)16(20)6-11-18-10-5-14-2-7-17-12-15(14)18/h2,5,7,10,12-13H,3-4,6,8-9,11H2,1H3. The van der Waals surface area contributed by atoms with Gasteiger partial charge in [-0.3, -0.25) is 9.78 Å². The Hall–Kier alpha value is -1.84. The Morgan fingerprint density at radius 1 is 1.35 bits per heavy atom. The Kier molecular flexibility index (Phi) is 3.72. The lowest BCUT2D eigenvalue weighted by molar-refractivity contribution is -0.132. The minimum atomic E-state index is 0.280. The average molecular weight is 271 g/mol. The molecule has 1 saturated heterocycles. The quantitative estimate of drug-likeness (QED) is 0.861. The van der Waals surface area contributed by atoms with E-state index in [1.165, 1.54) is 5.39 Å². The number of likely N-dealkylation sites (tertiary alicyclic amines) is 1. The zero-order chi connectivity index (χ0) is 13.9. The minimum absolute atomic E-state index is 0.280. The predicted molar refractivity (Wildman–Crippen MR) is 79.3 cm³/mol. The molecule has 0 unspecified atom stereocenters. The molecule has 3 rings (SSSR count). The van der Waals surface area contributed by atoms with Crippen molar-refractivity contribution in [2.45, 2.75) is 32.7 Å². The summed E-state index contributed by atoms with van der Waals surface area (Å²) < 4.78 is 2.12. The molecule has 1 fully saturated rings. The maximum Gasteiger partial charge on any atom is 0.224 e. The first-order valence-corrected chi connectivity index (χ1v) is 7.40. The van der Waals surface area contributed by atoms with Crippen LogP contribution in [0.25, 0.3) is 10.9 Å². The van der Waals surface area contributed by atoms with Crippen molar-refractivity contribution in [1.82, 2.24) is 14.5 Å². The summed E-state index contributed by atoms with van der Waals surface area (Å²) >= 11 is 0. The summed E-state index contributed by atoms with van der Waals surface area (Å²) in [6, 6.07) is 4.07. The van der Waals surface area contributed by atoms with Crippen molar-refractivity contribution in [3.63, 3.8) is 0 Å². The third-order valence-corrected chi connectivity index (χ3v) is 4.28. The molecule has 0 radical (unpaired) electrons. The lowest BCUT2D eigenvalue weighted by Gasteiger charge is -2.30. The highest BCUT2D eigenvalue weighted by molar-refractivity contribution is 5.79. The Bertz CT molecular complexity index is 597. The van der Waals surface area contributed by atoms with Crippen molar-refractivity contribution < 1.29 is 4.79 Å². The molecule has 0 atom stereocenters. The fourth-order valence-corrected chi connectivity index (χ4v) is 2.86. The number of piperidine rings is 1. The van der Waals surface area contributed by atoms with Gasteiger partial charge in [0, 0.05) is 43.8 Å². The Morgan fingerprint density at radius 3 is 2.95 bits per heavy atom. The predicted octanol–water partition coefficient (Wildman–Crippen LogP) is 2.68. The van der Waals surface area contributed by atoms with E-state index >= 15 is 0 Å². The van der Waals surface area contributed by atoms with Crippen LogP contribution in [0, 0.1) is 5.92 Å². The molecule has 0 spiro atoms. The molecule has 0 aromatic carbocycles. The number of hydrogen-bond acceptors (Lipinski definition) is 2. The number of nitrogens with zero attached hydrogens (tertiary/aromatic N) is 3. The zero-order valence-corrected chi connectivity index (χ0v) is 12.0. The average Bonchev–Trinajstić information content (AvgIpc) is 2.89. The van der Waals surface area contributed by atoms with Gasteiger partial charge in [0.05, 0.1) is 11.7 Å². The molecule has 1 amide bonds. The van der Waals surface area contributed by atoms with Gasteiger partial charge in [0.2, 0.25) is 5.91 Å². The molecule has 2 aromatic heterocycles. The summed E-state index contributed by atoms with van der Waals surface area (Å²) in [6.45, 7) is 4.85. The number of aromatic nitrogens is 2. The molecule has 20 heavy (non-hydrogen) atoms. The zero-order valence-electron chi connectivity index (χ0n) is 12.0. The number of carbonyl (C=O) groups is 1. The van der Waals surface area contributed by atoms with Gasteiger partial charge in [-0.05, 0) is 30.9 Å². The van der Waals surface area contributed by atoms with Crippen LogP contribution in [0.1, 0.15) is 26.2 Å². The van der Waals surface area contributed by atoms with Crippen molar-refractivity contribution in [1.29, 1.82) is 0 Å². The van der Waals surface area contributed by atoms with E-state index in [1.807, 2.05) is 23.4 Å². The maximum absolute atomic E-state index is 12.2. The van der Waals surface area contributed by atoms with E-state index in [0.29, 0.717) is 6.42 Å². The van der Waals surface area contributed by atoms with Gasteiger partial charge in [0.1, 0.15) is 0 Å². The molecule has 0 saturated carbocycles. The number of carbonyl (C=O) groups excluding carboxylic acids is 1. The Labute approximate surface area is 119 Å². The molecular formula is C16H21N3O. The molecule has 1 aliphatic rings. The molecule has 0 N–H and O–H groups in total. The first kappa shape index (κ1) is 13.2. The summed E-state index contributed by atoms with van der Waals surface area (Å²) in [5.74, 6) is 1.04. The third kappa shape index (κ3) is 2.69. The number of aryl methyl sites for hydroxylation is 1. The van der Waals surface area contributed by atoms with Crippen molar-refractivity contribution in [2.75, 3.05) is 13.1 Å². The fourth-order valence-electron chi connectivity index (χ4n) is 2.86. The summed E-state index contributed by atoms with van der Waals surface area (Å²) in [4.78, 5) is 18.4. The molecule has 1 aliphatic heterocycles. The molecule has 0 aliphatic carbocycles. The highest BCUT2D eigenvalue weighted by Crippen LogP contribution is 2.18. The second-order valence-corrected chi connectivity index (χ2v) is 5.76. The largest absolute Gasteiger partial charge is 0.346 e. The molecule has 3 heterocycles. The Balaban J connectivity index is 1.60. The van der Waals surface area contributed by atoms with Crippen LogP contribution in [-0.4, -0.2) is 33.4 Å². The number of hydrogen-bond donors (Lipinski definition) is 0. The lowest BCUT2D eigenvalue weighted by atomic mass is 9.99. The van der Waals surface area contributed by atoms with E-state index in [4.69, 9.17) is 0 Å². The summed E-state index contributed by atoms with van der Waals surface area (Å²) in [6.07, 6.45) is 8.56. The summed E-state index contributed by atoms with van der Waals surface area (Å²) in [5.41, 5.74) is 1.10. The SMILES string of the molecule is CC1CCN(C(=O)CCn2ccc3ccncc32)CC1. The van der Waals surface area contributed by atoms with Crippen LogP contribution >= 0.6 is 0 Å². The van der Waals surface area contributed by atoms with Gasteiger partial charge in [-0.2, -0.15) is 0 Å². The fraction of sp³-hybridized carbons (Fsp3) is 0.500. The molecule has 0 bridgehead atoms. The lowest BCUT2D eigenvalue weighted by Crippen LogP contribution is -2.38. The van der Waals surface area contributed by atoms with Gasteiger partial charge in [-0.25, -0.2) is 0 Å². The number of fused-ring (bicyclic) bond motifs is 1. The van der Waals surface area contributed by atoms with Gasteiger partial charge in [-0.15, -0.1) is 0 Å². The van der Waals surface area contributed by atoms with Crippen molar-refractivity contribution >= 4 is 16.8 Å². The molecule has 4 heteroatoms. The molecule has 106 valence electrons. The van der Waals surface area contributed by atoms with E-state index in [9.17, 15) is 4.79 Å². The highest BCUT2D eigenvalue weighted by atomic mass is 16.2. The number of amides is 1. The smallest absolute Gasteiger partial charge is 0.224 e. The molecule has 2 aromatic rings. The first-order chi connectivity index (χ1) is 9.74. The topological polar surface area (TPSA) is 38.1 Å². The van der Waals surface area contributed by atoms with E-state index in [2.05, 4.69) is 22.5 Å². The normalized spacial score (nSPS) is 16.8. The summed E-state index contributed by atoms with van der Waals surface area (Å²) in [7, 11) is 0. The van der Waals surface area contributed by atoms with Gasteiger partial charge in [0.25, 0.3) is 0 Å². The summed E-state index contributed by atoms with van der Waals surface area (Å²) in [5, 5.41) is 1.18. The van der Waals surface area contributed by atoms with Crippen LogP contribution in [0.2, 0.25) is 0 Å². The van der Waals surface area contributed by atoms with Crippen molar-refractivity contribution in [3.8, 4) is 0 Å². The van der Waals surface area contributed by atoms with Gasteiger partial charge < -0.3 is 9.47 Å². The van der Waals surface area contributed by atoms with E-state index in [-0.39, 0.29) is 5.91 Å². The van der Waals surface area contributed by atoms with Crippen molar-refractivity contribution in [3.05, 3.63) is 30.7 Å². The van der Waals surface area contributed by atoms with E-state index in [1.54, 1.807) is 6.20 Å². The van der Waals surface area contributed by atoms with E-state index < -0.39 is 0 Å². The monoisotopic (exact) mass is 271 g/mol. The van der Waals surface area contributed by atoms with Gasteiger partial charge in [-0.1, -0.05) is 6.92 Å². The number of pyridine rings is 1. The minimum Gasteiger partial charge on any atom is -0.346 e. The van der Waals surface area contributed by atoms with Crippen LogP contribution < -0.4 is 0 Å². The van der Waals surface area contributed by atoms with Crippen LogP contribution in [0.4, 0.5) is 0 Å². The Morgan fingerprint density at radius 2 is 2.15 bits per heavy atom. The highest BCUT2D eigenvalue weighted by Gasteiger charge is 2.19. The number of rotatable bonds is 3. The van der Waals surface area contributed by atoms with Crippen LogP contribution in [0.3, 0.4) is 0 Å². The van der Waals surface area contributed by atoms with Gasteiger partial charge in [0.15, 0.2) is 0 Å². The maximum atomic E-state index is 12.2. The van der Waals surface area contributed by atoms with Crippen LogP contribution in [-0.2, 0) is 11.3 Å².